The van der Waals surface area contributed by atoms with Crippen LogP contribution in [0.2, 0.25) is 0 Å². The van der Waals surface area contributed by atoms with Gasteiger partial charge in [0.05, 0.1) is 6.54 Å². The van der Waals surface area contributed by atoms with Crippen LogP contribution >= 0.6 is 11.8 Å². The van der Waals surface area contributed by atoms with E-state index >= 15 is 0 Å². The Hall–Kier alpha value is -1.69. The third-order valence-electron chi connectivity index (χ3n) is 1.91. The number of thioether (sulfide) groups is 1. The second kappa shape index (κ2) is 6.02. The van der Waals surface area contributed by atoms with Crippen LogP contribution in [0.1, 0.15) is 10.4 Å². The van der Waals surface area contributed by atoms with Crippen molar-refractivity contribution >= 4 is 23.5 Å². The van der Waals surface area contributed by atoms with Crippen LogP contribution in [-0.2, 0) is 0 Å². The fourth-order valence-corrected chi connectivity index (χ4v) is 1.46. The van der Waals surface area contributed by atoms with Crippen molar-refractivity contribution in [3.05, 3.63) is 29.8 Å². The molecule has 86 valence electrons. The molecule has 0 heterocycles. The summed E-state index contributed by atoms with van der Waals surface area (Å²) in [5.41, 5.74) is 5.77. The van der Waals surface area contributed by atoms with Crippen LogP contribution in [-0.4, -0.2) is 29.8 Å². The van der Waals surface area contributed by atoms with E-state index in [0.717, 1.165) is 4.90 Å². The van der Waals surface area contributed by atoms with Crippen molar-refractivity contribution in [1.29, 1.82) is 0 Å². The highest BCUT2D eigenvalue weighted by atomic mass is 32.2. The van der Waals surface area contributed by atoms with Crippen LogP contribution in [0.3, 0.4) is 0 Å². The standard InChI is InChI=1S/C10H13N3O2S/c1-16-8-4-2-7(3-5-8)10(14)12-6-9(11)13-15/h2-5,15H,6H2,1H3,(H2,11,13)(H,12,14). The minimum atomic E-state index is -0.251. The fraction of sp³-hybridized carbons (Fsp3) is 0.200. The van der Waals surface area contributed by atoms with Crippen molar-refractivity contribution in [1.82, 2.24) is 5.32 Å². The molecule has 1 aromatic rings. The smallest absolute Gasteiger partial charge is 0.251 e. The number of oxime groups is 1. The molecule has 0 unspecified atom stereocenters. The lowest BCUT2D eigenvalue weighted by Gasteiger charge is -2.04. The number of hydrogen-bond donors (Lipinski definition) is 3. The quantitative estimate of drug-likeness (QED) is 0.239. The highest BCUT2D eigenvalue weighted by Gasteiger charge is 2.05. The Morgan fingerprint density at radius 2 is 2.12 bits per heavy atom. The Labute approximate surface area is 97.7 Å². The molecule has 0 radical (unpaired) electrons. The van der Waals surface area contributed by atoms with E-state index in [1.807, 2.05) is 18.4 Å². The molecule has 0 saturated carbocycles. The van der Waals surface area contributed by atoms with E-state index < -0.39 is 0 Å². The van der Waals surface area contributed by atoms with Crippen LogP contribution in [0.15, 0.2) is 34.3 Å². The van der Waals surface area contributed by atoms with Crippen LogP contribution in [0.5, 0.6) is 0 Å². The Kier molecular flexibility index (Phi) is 4.65. The molecule has 0 aromatic heterocycles. The molecule has 0 saturated heterocycles. The normalized spacial score (nSPS) is 11.2. The summed E-state index contributed by atoms with van der Waals surface area (Å²) >= 11 is 1.61. The van der Waals surface area contributed by atoms with E-state index in [2.05, 4.69) is 10.5 Å². The van der Waals surface area contributed by atoms with Gasteiger partial charge in [0.25, 0.3) is 5.91 Å². The fourth-order valence-electron chi connectivity index (χ4n) is 1.05. The van der Waals surface area contributed by atoms with E-state index in [4.69, 9.17) is 10.9 Å². The maximum absolute atomic E-state index is 11.6. The van der Waals surface area contributed by atoms with E-state index in [0.29, 0.717) is 5.56 Å². The lowest BCUT2D eigenvalue weighted by molar-refractivity contribution is 0.0959. The van der Waals surface area contributed by atoms with Gasteiger partial charge < -0.3 is 16.3 Å². The van der Waals surface area contributed by atoms with Gasteiger partial charge in [-0.05, 0) is 30.5 Å². The zero-order chi connectivity index (χ0) is 12.0. The van der Waals surface area contributed by atoms with Gasteiger partial charge in [0.1, 0.15) is 0 Å². The zero-order valence-electron chi connectivity index (χ0n) is 8.80. The predicted molar refractivity (Wildman–Crippen MR) is 64.0 cm³/mol. The molecule has 0 aliphatic rings. The van der Waals surface area contributed by atoms with Crippen molar-refractivity contribution in [2.24, 2.45) is 10.9 Å². The summed E-state index contributed by atoms with van der Waals surface area (Å²) < 4.78 is 0. The first-order valence-corrected chi connectivity index (χ1v) is 5.78. The monoisotopic (exact) mass is 239 g/mol. The number of carbonyl (C=O) groups is 1. The molecule has 0 fully saturated rings. The number of amidine groups is 1. The predicted octanol–water partition coefficient (Wildman–Crippen LogP) is 0.885. The lowest BCUT2D eigenvalue weighted by Crippen LogP contribution is -2.33. The highest BCUT2D eigenvalue weighted by Crippen LogP contribution is 2.14. The summed E-state index contributed by atoms with van der Waals surface area (Å²) in [6.07, 6.45) is 1.97. The summed E-state index contributed by atoms with van der Waals surface area (Å²) in [5, 5.41) is 13.6. The van der Waals surface area contributed by atoms with E-state index in [1.54, 1.807) is 23.9 Å². The van der Waals surface area contributed by atoms with Gasteiger partial charge in [0.15, 0.2) is 5.84 Å². The summed E-state index contributed by atoms with van der Waals surface area (Å²) in [5.74, 6) is -0.284. The molecule has 5 nitrogen and oxygen atoms in total. The van der Waals surface area contributed by atoms with Gasteiger partial charge in [-0.2, -0.15) is 0 Å². The molecule has 0 atom stereocenters. The molecular weight excluding hydrogens is 226 g/mol. The summed E-state index contributed by atoms with van der Waals surface area (Å²) in [6.45, 7) is 0.0274. The number of benzene rings is 1. The maximum Gasteiger partial charge on any atom is 0.251 e. The number of carbonyl (C=O) groups excluding carboxylic acids is 1. The average molecular weight is 239 g/mol. The SMILES string of the molecule is CSc1ccc(C(=O)NCC(N)=NO)cc1. The van der Waals surface area contributed by atoms with Gasteiger partial charge >= 0.3 is 0 Å². The van der Waals surface area contributed by atoms with Crippen LogP contribution in [0.4, 0.5) is 0 Å². The third kappa shape index (κ3) is 3.47. The van der Waals surface area contributed by atoms with Gasteiger partial charge in [-0.1, -0.05) is 5.16 Å². The topological polar surface area (TPSA) is 87.7 Å². The van der Waals surface area contributed by atoms with Gasteiger partial charge in [-0.3, -0.25) is 4.79 Å². The molecule has 4 N–H and O–H groups in total. The lowest BCUT2D eigenvalue weighted by atomic mass is 10.2. The third-order valence-corrected chi connectivity index (χ3v) is 2.65. The Balaban J connectivity index is 2.59. The van der Waals surface area contributed by atoms with Crippen molar-refractivity contribution in [2.75, 3.05) is 12.8 Å². The second-order valence-electron chi connectivity index (χ2n) is 3.00. The number of nitrogens with one attached hydrogen (secondary N) is 1. The van der Waals surface area contributed by atoms with Gasteiger partial charge in [0.2, 0.25) is 0 Å². The zero-order valence-corrected chi connectivity index (χ0v) is 9.62. The first-order chi connectivity index (χ1) is 7.67. The minimum Gasteiger partial charge on any atom is -0.409 e. The number of hydrogen-bond acceptors (Lipinski definition) is 4. The number of rotatable bonds is 4. The van der Waals surface area contributed by atoms with E-state index in [-0.39, 0.29) is 18.3 Å². The van der Waals surface area contributed by atoms with Crippen molar-refractivity contribution in [2.45, 2.75) is 4.90 Å². The second-order valence-corrected chi connectivity index (χ2v) is 3.88. The molecule has 0 spiro atoms. The van der Waals surface area contributed by atoms with E-state index in [1.165, 1.54) is 0 Å². The largest absolute Gasteiger partial charge is 0.409 e. The van der Waals surface area contributed by atoms with Crippen molar-refractivity contribution < 1.29 is 10.0 Å². The van der Waals surface area contributed by atoms with Crippen molar-refractivity contribution in [3.8, 4) is 0 Å². The molecular formula is C10H13N3O2S. The van der Waals surface area contributed by atoms with Gasteiger partial charge in [-0.25, -0.2) is 0 Å². The van der Waals surface area contributed by atoms with Crippen LogP contribution in [0, 0.1) is 0 Å². The molecule has 6 heteroatoms. The van der Waals surface area contributed by atoms with Crippen LogP contribution < -0.4 is 11.1 Å². The molecule has 0 bridgehead atoms. The molecule has 1 aromatic carbocycles. The number of nitrogens with zero attached hydrogens (tertiary/aromatic N) is 1. The molecule has 0 aliphatic heterocycles. The van der Waals surface area contributed by atoms with Crippen molar-refractivity contribution in [3.63, 3.8) is 0 Å². The molecule has 1 amide bonds. The van der Waals surface area contributed by atoms with Gasteiger partial charge in [-0.15, -0.1) is 11.8 Å². The first kappa shape index (κ1) is 12.4. The molecule has 16 heavy (non-hydrogen) atoms. The average Bonchev–Trinajstić information content (AvgIpc) is 2.35. The molecule has 1 rings (SSSR count). The minimum absolute atomic E-state index is 0.0274. The number of amides is 1. The first-order valence-electron chi connectivity index (χ1n) is 4.56. The molecule has 0 aliphatic carbocycles. The summed E-state index contributed by atoms with van der Waals surface area (Å²) in [7, 11) is 0. The Morgan fingerprint density at radius 1 is 1.50 bits per heavy atom. The summed E-state index contributed by atoms with van der Waals surface area (Å²) in [6, 6.07) is 7.19. The highest BCUT2D eigenvalue weighted by molar-refractivity contribution is 7.98. The summed E-state index contributed by atoms with van der Waals surface area (Å²) in [4.78, 5) is 12.6. The Bertz CT molecular complexity index is 390. The number of nitrogens with two attached hydrogens (primary N) is 1. The maximum atomic E-state index is 11.6. The van der Waals surface area contributed by atoms with Gasteiger partial charge in [0, 0.05) is 10.5 Å². The Morgan fingerprint density at radius 3 is 2.62 bits per heavy atom. The van der Waals surface area contributed by atoms with E-state index in [9.17, 15) is 4.79 Å². The van der Waals surface area contributed by atoms with Crippen LogP contribution in [0.25, 0.3) is 0 Å².